The first-order valence-corrected chi connectivity index (χ1v) is 8.63. The van der Waals surface area contributed by atoms with E-state index < -0.39 is 12.0 Å². The molecule has 0 saturated carbocycles. The van der Waals surface area contributed by atoms with Crippen molar-refractivity contribution in [3.63, 3.8) is 0 Å². The van der Waals surface area contributed by atoms with E-state index in [-0.39, 0.29) is 17.4 Å². The van der Waals surface area contributed by atoms with Crippen molar-refractivity contribution in [1.82, 2.24) is 9.78 Å². The van der Waals surface area contributed by atoms with Crippen LogP contribution in [-0.2, 0) is 11.8 Å². The summed E-state index contributed by atoms with van der Waals surface area (Å²) in [6, 6.07) is 12.6. The molecule has 0 unspecified atom stereocenters. The van der Waals surface area contributed by atoms with Gasteiger partial charge in [-0.05, 0) is 61.0 Å². The number of hydrogen-bond donors (Lipinski definition) is 2. The van der Waals surface area contributed by atoms with Crippen molar-refractivity contribution in [2.75, 3.05) is 10.6 Å². The normalized spacial score (nSPS) is 15.4. The molecule has 1 aliphatic heterocycles. The van der Waals surface area contributed by atoms with Crippen molar-refractivity contribution in [1.29, 1.82) is 0 Å². The molecule has 0 radical (unpaired) electrons. The van der Waals surface area contributed by atoms with Crippen LogP contribution in [0.25, 0.3) is 11.3 Å². The number of aryl methyl sites for hydroxylation is 1. The van der Waals surface area contributed by atoms with Crippen molar-refractivity contribution in [2.45, 2.75) is 13.0 Å². The first kappa shape index (κ1) is 17.7. The van der Waals surface area contributed by atoms with Gasteiger partial charge in [-0.3, -0.25) is 14.3 Å². The molecule has 2 aromatic carbocycles. The Bertz CT molecular complexity index is 1080. The first-order valence-electron chi connectivity index (χ1n) is 8.63. The van der Waals surface area contributed by atoms with Crippen LogP contribution in [0.15, 0.2) is 48.5 Å². The van der Waals surface area contributed by atoms with Crippen LogP contribution < -0.4 is 15.4 Å². The van der Waals surface area contributed by atoms with E-state index in [0.717, 1.165) is 5.56 Å². The number of halogens is 1. The van der Waals surface area contributed by atoms with Crippen molar-refractivity contribution >= 4 is 23.2 Å². The van der Waals surface area contributed by atoms with Gasteiger partial charge in [0.15, 0.2) is 11.8 Å². The Morgan fingerprint density at radius 1 is 1.21 bits per heavy atom. The summed E-state index contributed by atoms with van der Waals surface area (Å²) in [5.74, 6) is -0.437. The summed E-state index contributed by atoms with van der Waals surface area (Å²) in [6.07, 6.45) is -0.564. The monoisotopic (exact) mass is 380 g/mol. The second kappa shape index (κ2) is 6.80. The maximum absolute atomic E-state index is 13.1. The Morgan fingerprint density at radius 3 is 2.71 bits per heavy atom. The molecule has 1 atom stereocenters. The van der Waals surface area contributed by atoms with Crippen molar-refractivity contribution in [3.05, 3.63) is 60.0 Å². The molecule has 0 saturated heterocycles. The fourth-order valence-electron chi connectivity index (χ4n) is 2.95. The number of rotatable bonds is 3. The zero-order valence-electron chi connectivity index (χ0n) is 15.2. The number of fused-ring (bicyclic) bond motifs is 1. The third-order valence-electron chi connectivity index (χ3n) is 4.42. The van der Waals surface area contributed by atoms with E-state index >= 15 is 0 Å². The van der Waals surface area contributed by atoms with E-state index in [2.05, 4.69) is 15.7 Å². The predicted octanol–water partition coefficient (Wildman–Crippen LogP) is 3.20. The van der Waals surface area contributed by atoms with Crippen molar-refractivity contribution < 1.29 is 18.7 Å². The van der Waals surface area contributed by atoms with E-state index in [1.807, 2.05) is 0 Å². The number of nitrogens with zero attached hydrogens (tertiary/aromatic N) is 2. The smallest absolute Gasteiger partial charge is 0.276 e. The largest absolute Gasteiger partial charge is 0.479 e. The van der Waals surface area contributed by atoms with Gasteiger partial charge in [0.2, 0.25) is 0 Å². The highest BCUT2D eigenvalue weighted by atomic mass is 19.1. The molecule has 1 aliphatic rings. The quantitative estimate of drug-likeness (QED) is 0.731. The topological polar surface area (TPSA) is 85.2 Å². The second-order valence-corrected chi connectivity index (χ2v) is 6.46. The molecule has 4 rings (SSSR count). The van der Waals surface area contributed by atoms with E-state index in [1.165, 1.54) is 12.1 Å². The molecule has 0 bridgehead atoms. The minimum Gasteiger partial charge on any atom is -0.479 e. The lowest BCUT2D eigenvalue weighted by molar-refractivity contribution is -0.122. The lowest BCUT2D eigenvalue weighted by atomic mass is 10.1. The minimum atomic E-state index is -0.564. The van der Waals surface area contributed by atoms with Gasteiger partial charge in [0.05, 0.1) is 11.4 Å². The van der Waals surface area contributed by atoms with Crippen LogP contribution in [0.2, 0.25) is 0 Å². The molecule has 28 heavy (non-hydrogen) atoms. The van der Waals surface area contributed by atoms with Crippen LogP contribution in [0.1, 0.15) is 17.4 Å². The Hall–Kier alpha value is -3.68. The fourth-order valence-corrected chi connectivity index (χ4v) is 2.95. The van der Waals surface area contributed by atoms with Gasteiger partial charge >= 0.3 is 0 Å². The molecule has 2 amide bonds. The van der Waals surface area contributed by atoms with E-state index in [4.69, 9.17) is 4.74 Å². The van der Waals surface area contributed by atoms with Gasteiger partial charge < -0.3 is 15.4 Å². The van der Waals surface area contributed by atoms with Gasteiger partial charge in [0, 0.05) is 12.7 Å². The fraction of sp³-hybridized carbons (Fsp3) is 0.150. The van der Waals surface area contributed by atoms with Gasteiger partial charge in [-0.1, -0.05) is 0 Å². The number of ether oxygens (including phenoxy) is 1. The predicted molar refractivity (Wildman–Crippen MR) is 102 cm³/mol. The van der Waals surface area contributed by atoms with E-state index in [9.17, 15) is 14.0 Å². The molecular formula is C20H17FN4O3. The lowest BCUT2D eigenvalue weighted by Gasteiger charge is -2.23. The number of amides is 2. The number of aromatic nitrogens is 2. The summed E-state index contributed by atoms with van der Waals surface area (Å²) in [4.78, 5) is 24.3. The summed E-state index contributed by atoms with van der Waals surface area (Å²) < 4.78 is 20.2. The number of nitrogens with one attached hydrogen (secondary N) is 2. The van der Waals surface area contributed by atoms with Crippen LogP contribution in [0.4, 0.5) is 15.8 Å². The molecule has 1 aromatic heterocycles. The van der Waals surface area contributed by atoms with Gasteiger partial charge in [0.1, 0.15) is 11.6 Å². The second-order valence-electron chi connectivity index (χ2n) is 6.46. The zero-order chi connectivity index (χ0) is 19.8. The summed E-state index contributed by atoms with van der Waals surface area (Å²) in [7, 11) is 1.71. The number of carbonyl (C=O) groups is 2. The summed E-state index contributed by atoms with van der Waals surface area (Å²) >= 11 is 0. The Balaban J connectivity index is 1.55. The lowest BCUT2D eigenvalue weighted by Crippen LogP contribution is -2.34. The average molecular weight is 380 g/mol. The van der Waals surface area contributed by atoms with Gasteiger partial charge in [-0.15, -0.1) is 0 Å². The third kappa shape index (κ3) is 3.32. The zero-order valence-corrected chi connectivity index (χ0v) is 15.2. The number of anilines is 2. The van der Waals surface area contributed by atoms with Crippen LogP contribution in [0, 0.1) is 5.82 Å². The third-order valence-corrected chi connectivity index (χ3v) is 4.42. The number of carbonyl (C=O) groups excluding carboxylic acids is 2. The molecule has 8 heteroatoms. The van der Waals surface area contributed by atoms with E-state index in [0.29, 0.717) is 22.8 Å². The SMILES string of the molecule is C[C@H]1Oc2ccc(NC(=O)c3cc(-c4ccc(F)cc4)n(C)n3)cc2NC1=O. The molecule has 7 nitrogen and oxygen atoms in total. The molecular weight excluding hydrogens is 363 g/mol. The van der Waals surface area contributed by atoms with Crippen molar-refractivity contribution in [2.24, 2.45) is 7.05 Å². The van der Waals surface area contributed by atoms with Gasteiger partial charge in [0.25, 0.3) is 11.8 Å². The standard InChI is InChI=1S/C20H17FN4O3/c1-11-19(26)23-15-9-14(7-8-18(15)28-11)22-20(27)16-10-17(25(2)24-16)12-3-5-13(21)6-4-12/h3-11H,1-2H3,(H,22,27)(H,23,26)/t11-/m1/s1. The Kier molecular flexibility index (Phi) is 4.31. The van der Waals surface area contributed by atoms with Crippen molar-refractivity contribution in [3.8, 4) is 17.0 Å². The Labute approximate surface area is 160 Å². The average Bonchev–Trinajstić information content (AvgIpc) is 3.05. The van der Waals surface area contributed by atoms with Crippen LogP contribution in [-0.4, -0.2) is 27.7 Å². The summed E-state index contributed by atoms with van der Waals surface area (Å²) in [6.45, 7) is 1.66. The summed E-state index contributed by atoms with van der Waals surface area (Å²) in [5.41, 5.74) is 2.64. The molecule has 0 spiro atoms. The molecule has 2 N–H and O–H groups in total. The maximum atomic E-state index is 13.1. The highest BCUT2D eigenvalue weighted by Gasteiger charge is 2.24. The van der Waals surface area contributed by atoms with Crippen LogP contribution in [0.5, 0.6) is 5.75 Å². The summed E-state index contributed by atoms with van der Waals surface area (Å²) in [5, 5.41) is 9.72. The Morgan fingerprint density at radius 2 is 1.96 bits per heavy atom. The highest BCUT2D eigenvalue weighted by molar-refractivity contribution is 6.04. The number of benzene rings is 2. The molecule has 142 valence electrons. The highest BCUT2D eigenvalue weighted by Crippen LogP contribution is 2.32. The molecule has 3 aromatic rings. The van der Waals surface area contributed by atoms with Crippen LogP contribution in [0.3, 0.4) is 0 Å². The minimum absolute atomic E-state index is 0.216. The van der Waals surface area contributed by atoms with Gasteiger partial charge in [-0.25, -0.2) is 4.39 Å². The van der Waals surface area contributed by atoms with E-state index in [1.54, 1.807) is 55.1 Å². The molecule has 2 heterocycles. The molecule has 0 aliphatic carbocycles. The maximum Gasteiger partial charge on any atom is 0.276 e. The van der Waals surface area contributed by atoms with Gasteiger partial charge in [-0.2, -0.15) is 5.10 Å². The molecule has 0 fully saturated rings. The van der Waals surface area contributed by atoms with Crippen LogP contribution >= 0.6 is 0 Å². The number of hydrogen-bond acceptors (Lipinski definition) is 4. The first-order chi connectivity index (χ1) is 13.4.